The molecule has 1 saturated heterocycles. The summed E-state index contributed by atoms with van der Waals surface area (Å²) in [7, 11) is -3.28. The summed E-state index contributed by atoms with van der Waals surface area (Å²) >= 11 is 0. The molecule has 3 unspecified atom stereocenters. The standard InChI is InChI=1S/C18H37NO5S/c1-2-3-4-5-6-7-8-9-10-11-12-25(23,24)14-16-18(22)17(21)15(13-20)19-16/h15-22H,2-14H2,1H3/t15?,16-,17?,18?/m1/s1. The van der Waals surface area contributed by atoms with E-state index in [1.807, 2.05) is 0 Å². The van der Waals surface area contributed by atoms with Gasteiger partial charge in [0.1, 0.15) is 0 Å². The lowest BCUT2D eigenvalue weighted by Gasteiger charge is -2.15. The Labute approximate surface area is 152 Å². The maximum atomic E-state index is 12.2. The Morgan fingerprint density at radius 3 is 1.76 bits per heavy atom. The Bertz CT molecular complexity index is 443. The van der Waals surface area contributed by atoms with E-state index in [1.54, 1.807) is 0 Å². The summed E-state index contributed by atoms with van der Waals surface area (Å²) in [6.07, 6.45) is 9.23. The minimum atomic E-state index is -3.28. The summed E-state index contributed by atoms with van der Waals surface area (Å²) in [6.45, 7) is 1.89. The van der Waals surface area contributed by atoms with E-state index in [1.165, 1.54) is 44.9 Å². The third-order valence-corrected chi connectivity index (χ3v) is 6.82. The van der Waals surface area contributed by atoms with E-state index in [4.69, 9.17) is 5.11 Å². The van der Waals surface area contributed by atoms with Crippen LogP contribution in [0.3, 0.4) is 0 Å². The molecule has 0 bridgehead atoms. The summed E-state index contributed by atoms with van der Waals surface area (Å²) in [5, 5.41) is 31.5. The largest absolute Gasteiger partial charge is 0.395 e. The fourth-order valence-electron chi connectivity index (χ4n) is 3.42. The van der Waals surface area contributed by atoms with Crippen LogP contribution in [0.5, 0.6) is 0 Å². The number of aliphatic hydroxyl groups is 3. The van der Waals surface area contributed by atoms with Crippen LogP contribution in [0.4, 0.5) is 0 Å². The predicted octanol–water partition coefficient (Wildman–Crippen LogP) is 1.38. The van der Waals surface area contributed by atoms with Gasteiger partial charge in [0.05, 0.1) is 36.4 Å². The molecule has 1 heterocycles. The number of unbranched alkanes of at least 4 members (excludes halogenated alkanes) is 9. The quantitative estimate of drug-likeness (QED) is 0.340. The van der Waals surface area contributed by atoms with Gasteiger partial charge in [-0.05, 0) is 6.42 Å². The molecule has 0 aliphatic carbocycles. The van der Waals surface area contributed by atoms with Gasteiger partial charge in [0.25, 0.3) is 0 Å². The summed E-state index contributed by atoms with van der Waals surface area (Å²) in [4.78, 5) is 0. The highest BCUT2D eigenvalue weighted by Gasteiger charge is 2.42. The molecule has 4 N–H and O–H groups in total. The van der Waals surface area contributed by atoms with Crippen LogP contribution in [-0.4, -0.2) is 66.1 Å². The smallest absolute Gasteiger partial charge is 0.151 e. The first kappa shape index (κ1) is 22.8. The van der Waals surface area contributed by atoms with Gasteiger partial charge in [-0.25, -0.2) is 8.42 Å². The number of nitrogens with one attached hydrogen (secondary N) is 1. The molecule has 7 heteroatoms. The molecule has 0 amide bonds. The van der Waals surface area contributed by atoms with E-state index in [0.717, 1.165) is 12.8 Å². The van der Waals surface area contributed by atoms with Gasteiger partial charge < -0.3 is 20.6 Å². The number of hydrogen-bond acceptors (Lipinski definition) is 6. The van der Waals surface area contributed by atoms with Gasteiger partial charge in [-0.15, -0.1) is 0 Å². The van der Waals surface area contributed by atoms with Crippen molar-refractivity contribution in [2.45, 2.75) is 95.4 Å². The van der Waals surface area contributed by atoms with E-state index in [9.17, 15) is 18.6 Å². The Kier molecular flexibility index (Phi) is 11.2. The van der Waals surface area contributed by atoms with Crippen molar-refractivity contribution in [3.63, 3.8) is 0 Å². The van der Waals surface area contributed by atoms with E-state index in [2.05, 4.69) is 12.2 Å². The van der Waals surface area contributed by atoms with Crippen LogP contribution in [-0.2, 0) is 9.84 Å². The maximum Gasteiger partial charge on any atom is 0.151 e. The normalized spacial score (nSPS) is 27.0. The Balaban J connectivity index is 2.12. The zero-order chi connectivity index (χ0) is 18.7. The molecule has 1 aliphatic heterocycles. The van der Waals surface area contributed by atoms with Crippen LogP contribution in [0.15, 0.2) is 0 Å². The highest BCUT2D eigenvalue weighted by Crippen LogP contribution is 2.17. The fraction of sp³-hybridized carbons (Fsp3) is 1.00. The second-order valence-electron chi connectivity index (χ2n) is 7.34. The Morgan fingerprint density at radius 1 is 0.800 bits per heavy atom. The SMILES string of the molecule is CCCCCCCCCCCCS(=O)(=O)C[C@H]1NC(CO)C(O)C1O. The summed E-state index contributed by atoms with van der Waals surface area (Å²) < 4.78 is 24.3. The molecular formula is C18H37NO5S. The molecule has 0 radical (unpaired) electrons. The van der Waals surface area contributed by atoms with Crippen molar-refractivity contribution in [3.05, 3.63) is 0 Å². The lowest BCUT2D eigenvalue weighted by atomic mass is 10.1. The third-order valence-electron chi connectivity index (χ3n) is 5.04. The predicted molar refractivity (Wildman–Crippen MR) is 100 cm³/mol. The van der Waals surface area contributed by atoms with Crippen molar-refractivity contribution in [1.82, 2.24) is 5.32 Å². The fourth-order valence-corrected chi connectivity index (χ4v) is 5.07. The minimum Gasteiger partial charge on any atom is -0.395 e. The van der Waals surface area contributed by atoms with Crippen molar-refractivity contribution in [2.75, 3.05) is 18.1 Å². The third kappa shape index (κ3) is 8.82. The van der Waals surface area contributed by atoms with Crippen LogP contribution >= 0.6 is 0 Å². The summed E-state index contributed by atoms with van der Waals surface area (Å²) in [6, 6.07) is -1.37. The zero-order valence-corrected chi connectivity index (χ0v) is 16.4. The molecule has 0 saturated carbocycles. The first-order chi connectivity index (χ1) is 11.9. The van der Waals surface area contributed by atoms with Crippen molar-refractivity contribution in [1.29, 1.82) is 0 Å². The van der Waals surface area contributed by atoms with Crippen LogP contribution < -0.4 is 5.32 Å². The maximum absolute atomic E-state index is 12.2. The van der Waals surface area contributed by atoms with E-state index in [-0.39, 0.29) is 18.1 Å². The highest BCUT2D eigenvalue weighted by molar-refractivity contribution is 7.91. The molecule has 1 rings (SSSR count). The average molecular weight is 380 g/mol. The molecule has 25 heavy (non-hydrogen) atoms. The van der Waals surface area contributed by atoms with Gasteiger partial charge in [-0.3, -0.25) is 0 Å². The average Bonchev–Trinajstić information content (AvgIpc) is 2.84. The van der Waals surface area contributed by atoms with Crippen molar-refractivity contribution in [3.8, 4) is 0 Å². The molecule has 0 aromatic rings. The van der Waals surface area contributed by atoms with Gasteiger partial charge in [-0.2, -0.15) is 0 Å². The first-order valence-corrected chi connectivity index (χ1v) is 11.7. The Morgan fingerprint density at radius 2 is 1.28 bits per heavy atom. The Hall–Kier alpha value is -0.210. The minimum absolute atomic E-state index is 0.119. The number of rotatable bonds is 14. The molecule has 1 fully saturated rings. The van der Waals surface area contributed by atoms with Crippen LogP contribution in [0.2, 0.25) is 0 Å². The molecule has 0 spiro atoms. The summed E-state index contributed by atoms with van der Waals surface area (Å²) in [5.41, 5.74) is 0. The topological polar surface area (TPSA) is 107 Å². The lowest BCUT2D eigenvalue weighted by molar-refractivity contribution is 0.0217. The van der Waals surface area contributed by atoms with Gasteiger partial charge in [-0.1, -0.05) is 64.7 Å². The van der Waals surface area contributed by atoms with Gasteiger partial charge >= 0.3 is 0 Å². The van der Waals surface area contributed by atoms with Crippen LogP contribution in [0.25, 0.3) is 0 Å². The number of hydrogen-bond donors (Lipinski definition) is 4. The summed E-state index contributed by atoms with van der Waals surface area (Å²) in [5.74, 6) is -0.0760. The zero-order valence-electron chi connectivity index (χ0n) is 15.6. The van der Waals surface area contributed by atoms with Crippen molar-refractivity contribution >= 4 is 9.84 Å². The molecule has 6 nitrogen and oxygen atoms in total. The molecule has 0 aromatic carbocycles. The van der Waals surface area contributed by atoms with Crippen molar-refractivity contribution < 1.29 is 23.7 Å². The second kappa shape index (κ2) is 12.2. The van der Waals surface area contributed by atoms with Gasteiger partial charge in [0, 0.05) is 6.04 Å². The second-order valence-corrected chi connectivity index (χ2v) is 9.57. The lowest BCUT2D eigenvalue weighted by Crippen LogP contribution is -2.40. The van der Waals surface area contributed by atoms with E-state index in [0.29, 0.717) is 6.42 Å². The van der Waals surface area contributed by atoms with Gasteiger partial charge in [0.15, 0.2) is 9.84 Å². The molecule has 150 valence electrons. The molecule has 1 aliphatic rings. The highest BCUT2D eigenvalue weighted by atomic mass is 32.2. The van der Waals surface area contributed by atoms with Crippen LogP contribution in [0, 0.1) is 0 Å². The number of sulfone groups is 1. The monoisotopic (exact) mass is 379 g/mol. The van der Waals surface area contributed by atoms with Crippen molar-refractivity contribution in [2.24, 2.45) is 0 Å². The van der Waals surface area contributed by atoms with E-state index >= 15 is 0 Å². The van der Waals surface area contributed by atoms with Crippen LogP contribution in [0.1, 0.15) is 71.1 Å². The molecule has 4 atom stereocenters. The first-order valence-electron chi connectivity index (χ1n) is 9.84. The van der Waals surface area contributed by atoms with E-state index < -0.39 is 34.1 Å². The molecular weight excluding hydrogens is 342 g/mol. The van der Waals surface area contributed by atoms with Gasteiger partial charge in [0.2, 0.25) is 0 Å². The number of aliphatic hydroxyl groups excluding tert-OH is 3. The molecule has 0 aromatic heterocycles.